The number of nitrogens with one attached hydrogen (secondary N) is 2. The van der Waals surface area contributed by atoms with Crippen LogP contribution in [0.1, 0.15) is 58.8 Å². The molecule has 2 nitrogen and oxygen atoms in total. The number of rotatable bonds is 5. The van der Waals surface area contributed by atoms with Gasteiger partial charge in [-0.05, 0) is 58.4 Å². The lowest BCUT2D eigenvalue weighted by Crippen LogP contribution is -2.45. The minimum absolute atomic E-state index is 0.672. The first-order valence-electron chi connectivity index (χ1n) is 7.25. The highest BCUT2D eigenvalue weighted by molar-refractivity contribution is 4.83. The van der Waals surface area contributed by atoms with Crippen molar-refractivity contribution in [3.8, 4) is 0 Å². The molecule has 1 aliphatic heterocycles. The third-order valence-electron chi connectivity index (χ3n) is 4.45. The second-order valence-corrected chi connectivity index (χ2v) is 5.93. The van der Waals surface area contributed by atoms with Crippen LogP contribution in [0.15, 0.2) is 0 Å². The van der Waals surface area contributed by atoms with Crippen molar-refractivity contribution in [2.24, 2.45) is 5.92 Å². The second kappa shape index (κ2) is 6.02. The van der Waals surface area contributed by atoms with E-state index in [0.29, 0.717) is 6.04 Å². The van der Waals surface area contributed by atoms with Gasteiger partial charge in [0.25, 0.3) is 0 Å². The second-order valence-electron chi connectivity index (χ2n) is 5.93. The Morgan fingerprint density at radius 2 is 1.94 bits per heavy atom. The van der Waals surface area contributed by atoms with Gasteiger partial charge in [0.1, 0.15) is 0 Å². The molecular weight excluding hydrogens is 196 g/mol. The molecule has 2 rings (SSSR count). The summed E-state index contributed by atoms with van der Waals surface area (Å²) in [5, 5.41) is 7.43. The fraction of sp³-hybridized carbons (Fsp3) is 1.00. The summed E-state index contributed by atoms with van der Waals surface area (Å²) in [6.45, 7) is 5.95. The fourth-order valence-corrected chi connectivity index (χ4v) is 3.14. The summed E-state index contributed by atoms with van der Waals surface area (Å²) in [4.78, 5) is 0. The smallest absolute Gasteiger partial charge is 0.00817 e. The lowest BCUT2D eigenvalue weighted by Gasteiger charge is -2.35. The van der Waals surface area contributed by atoms with Crippen LogP contribution in [0.25, 0.3) is 0 Å². The topological polar surface area (TPSA) is 24.1 Å². The number of hydrogen-bond acceptors (Lipinski definition) is 2. The van der Waals surface area contributed by atoms with Crippen LogP contribution in [0.5, 0.6) is 0 Å². The molecule has 94 valence electrons. The Balaban J connectivity index is 1.64. The zero-order valence-corrected chi connectivity index (χ0v) is 11.0. The zero-order chi connectivity index (χ0) is 11.4. The maximum absolute atomic E-state index is 3.79. The van der Waals surface area contributed by atoms with E-state index in [2.05, 4.69) is 24.5 Å². The molecule has 3 atom stereocenters. The van der Waals surface area contributed by atoms with E-state index in [1.807, 2.05) is 0 Å². The van der Waals surface area contributed by atoms with Gasteiger partial charge in [0, 0.05) is 18.1 Å². The Labute approximate surface area is 101 Å². The van der Waals surface area contributed by atoms with Crippen LogP contribution in [0.2, 0.25) is 0 Å². The average Bonchev–Trinajstić information content (AvgIpc) is 2.15. The highest BCUT2D eigenvalue weighted by Gasteiger charge is 2.25. The van der Waals surface area contributed by atoms with Crippen LogP contribution in [0.3, 0.4) is 0 Å². The largest absolute Gasteiger partial charge is 0.314 e. The Bertz CT molecular complexity index is 191. The molecule has 0 aromatic carbocycles. The first kappa shape index (κ1) is 12.4. The molecule has 2 heteroatoms. The van der Waals surface area contributed by atoms with E-state index in [1.54, 1.807) is 0 Å². The van der Waals surface area contributed by atoms with Crippen molar-refractivity contribution in [3.05, 3.63) is 0 Å². The van der Waals surface area contributed by atoms with Gasteiger partial charge in [-0.15, -0.1) is 0 Å². The Morgan fingerprint density at radius 1 is 1.12 bits per heavy atom. The predicted octanol–water partition coefficient (Wildman–Crippen LogP) is 2.69. The SMILES string of the molecule is CC(CC1CCCCN1)NC(C)C1CCC1. The molecule has 1 saturated carbocycles. The van der Waals surface area contributed by atoms with E-state index >= 15 is 0 Å². The number of hydrogen-bond donors (Lipinski definition) is 2. The number of piperidine rings is 1. The van der Waals surface area contributed by atoms with Gasteiger partial charge in [0.05, 0.1) is 0 Å². The molecule has 0 amide bonds. The minimum Gasteiger partial charge on any atom is -0.314 e. The first-order valence-corrected chi connectivity index (χ1v) is 7.25. The van der Waals surface area contributed by atoms with Crippen LogP contribution in [-0.2, 0) is 0 Å². The summed E-state index contributed by atoms with van der Waals surface area (Å²) >= 11 is 0. The summed E-state index contributed by atoms with van der Waals surface area (Å²) in [5.74, 6) is 0.960. The van der Waals surface area contributed by atoms with Crippen molar-refractivity contribution in [1.82, 2.24) is 10.6 Å². The summed E-state index contributed by atoms with van der Waals surface area (Å²) in [7, 11) is 0. The molecule has 1 heterocycles. The van der Waals surface area contributed by atoms with E-state index in [0.717, 1.165) is 18.0 Å². The van der Waals surface area contributed by atoms with Gasteiger partial charge in [0.15, 0.2) is 0 Å². The van der Waals surface area contributed by atoms with Crippen molar-refractivity contribution in [3.63, 3.8) is 0 Å². The normalized spacial score (nSPS) is 30.8. The van der Waals surface area contributed by atoms with Crippen LogP contribution < -0.4 is 10.6 Å². The highest BCUT2D eigenvalue weighted by atomic mass is 15.0. The zero-order valence-electron chi connectivity index (χ0n) is 11.0. The van der Waals surface area contributed by atoms with Gasteiger partial charge < -0.3 is 10.6 Å². The van der Waals surface area contributed by atoms with Crippen molar-refractivity contribution in [2.45, 2.75) is 76.9 Å². The molecule has 1 saturated heterocycles. The maximum Gasteiger partial charge on any atom is 0.00817 e. The van der Waals surface area contributed by atoms with E-state index < -0.39 is 0 Å². The molecule has 2 aliphatic rings. The van der Waals surface area contributed by atoms with E-state index in [4.69, 9.17) is 0 Å². The molecular formula is C14H28N2. The quantitative estimate of drug-likeness (QED) is 0.750. The Hall–Kier alpha value is -0.0800. The lowest BCUT2D eigenvalue weighted by atomic mass is 9.80. The maximum atomic E-state index is 3.79. The fourth-order valence-electron chi connectivity index (χ4n) is 3.14. The summed E-state index contributed by atoms with van der Waals surface area (Å²) in [6, 6.07) is 2.17. The van der Waals surface area contributed by atoms with Crippen LogP contribution >= 0.6 is 0 Å². The van der Waals surface area contributed by atoms with Gasteiger partial charge in [-0.25, -0.2) is 0 Å². The first-order chi connectivity index (χ1) is 7.75. The molecule has 2 fully saturated rings. The van der Waals surface area contributed by atoms with Crippen molar-refractivity contribution in [2.75, 3.05) is 6.54 Å². The molecule has 0 aromatic rings. The van der Waals surface area contributed by atoms with Gasteiger partial charge in [0.2, 0.25) is 0 Å². The Kier molecular flexibility index (Phi) is 4.66. The summed E-state index contributed by atoms with van der Waals surface area (Å²) < 4.78 is 0. The standard InChI is InChI=1S/C14H28N2/c1-11(10-14-8-3-4-9-15-14)16-12(2)13-6-5-7-13/h11-16H,3-10H2,1-2H3. The molecule has 0 spiro atoms. The van der Waals surface area contributed by atoms with Crippen LogP contribution in [0, 0.1) is 5.92 Å². The molecule has 0 radical (unpaired) electrons. The lowest BCUT2D eigenvalue weighted by molar-refractivity contribution is 0.220. The predicted molar refractivity (Wildman–Crippen MR) is 69.7 cm³/mol. The third-order valence-corrected chi connectivity index (χ3v) is 4.45. The van der Waals surface area contributed by atoms with Gasteiger partial charge in [-0.3, -0.25) is 0 Å². The Morgan fingerprint density at radius 3 is 2.50 bits per heavy atom. The van der Waals surface area contributed by atoms with Crippen molar-refractivity contribution >= 4 is 0 Å². The molecule has 16 heavy (non-hydrogen) atoms. The van der Waals surface area contributed by atoms with Crippen LogP contribution in [0.4, 0.5) is 0 Å². The molecule has 0 aromatic heterocycles. The monoisotopic (exact) mass is 224 g/mol. The molecule has 3 unspecified atom stereocenters. The summed E-state index contributed by atoms with van der Waals surface area (Å²) in [6.07, 6.45) is 9.82. The van der Waals surface area contributed by atoms with Gasteiger partial charge >= 0.3 is 0 Å². The van der Waals surface area contributed by atoms with Gasteiger partial charge in [-0.1, -0.05) is 12.8 Å². The van der Waals surface area contributed by atoms with Crippen molar-refractivity contribution in [1.29, 1.82) is 0 Å². The highest BCUT2D eigenvalue weighted by Crippen LogP contribution is 2.29. The molecule has 0 bridgehead atoms. The van der Waals surface area contributed by atoms with Gasteiger partial charge in [-0.2, -0.15) is 0 Å². The van der Waals surface area contributed by atoms with E-state index in [9.17, 15) is 0 Å². The summed E-state index contributed by atoms with van der Waals surface area (Å²) in [5.41, 5.74) is 0. The average molecular weight is 224 g/mol. The molecule has 1 aliphatic carbocycles. The van der Waals surface area contributed by atoms with Crippen molar-refractivity contribution < 1.29 is 0 Å². The van der Waals surface area contributed by atoms with E-state index in [1.165, 1.54) is 51.5 Å². The minimum atomic E-state index is 0.672. The third kappa shape index (κ3) is 3.46. The van der Waals surface area contributed by atoms with E-state index in [-0.39, 0.29) is 0 Å². The molecule has 2 N–H and O–H groups in total. The van der Waals surface area contributed by atoms with Crippen LogP contribution in [-0.4, -0.2) is 24.7 Å².